The molecule has 0 spiro atoms. The molecule has 2 amide bonds. The predicted molar refractivity (Wildman–Crippen MR) is 145 cm³/mol. The van der Waals surface area contributed by atoms with Gasteiger partial charge < -0.3 is 14.4 Å². The number of alkyl halides is 3. The maximum Gasteiger partial charge on any atom is 0.433 e. The van der Waals surface area contributed by atoms with E-state index < -0.39 is 29.6 Å². The van der Waals surface area contributed by atoms with Gasteiger partial charge in [0, 0.05) is 23.0 Å². The minimum Gasteiger partial charge on any atom is -0.496 e. The summed E-state index contributed by atoms with van der Waals surface area (Å²) < 4.78 is 49.5. The van der Waals surface area contributed by atoms with Gasteiger partial charge in [-0.2, -0.15) is 18.4 Å². The molecule has 1 aliphatic rings. The number of halogens is 3. The number of carbonyl (C=O) groups is 2. The van der Waals surface area contributed by atoms with Gasteiger partial charge in [0.05, 0.1) is 55.1 Å². The normalized spacial score (nSPS) is 12.5. The summed E-state index contributed by atoms with van der Waals surface area (Å²) in [5.74, 6) is -0.993. The number of thiazole rings is 1. The fraction of sp³-hybridized carbons (Fsp3) is 0.214. The van der Waals surface area contributed by atoms with Crippen LogP contribution in [0.4, 0.5) is 18.3 Å². The van der Waals surface area contributed by atoms with E-state index >= 15 is 0 Å². The zero-order chi connectivity index (χ0) is 30.2. The van der Waals surface area contributed by atoms with Crippen molar-refractivity contribution in [3.8, 4) is 28.8 Å². The Bertz CT molecular complexity index is 1740. The monoisotopic (exact) mass is 594 g/mol. The van der Waals surface area contributed by atoms with Crippen LogP contribution in [0.5, 0.6) is 11.6 Å². The second-order valence-electron chi connectivity index (χ2n) is 9.15. The van der Waals surface area contributed by atoms with Gasteiger partial charge in [0.25, 0.3) is 11.8 Å². The second-order valence-corrected chi connectivity index (χ2v) is 10.2. The van der Waals surface area contributed by atoms with Gasteiger partial charge in [-0.1, -0.05) is 11.3 Å². The van der Waals surface area contributed by atoms with Crippen molar-refractivity contribution in [1.82, 2.24) is 19.9 Å². The lowest BCUT2D eigenvalue weighted by Gasteiger charge is -2.17. The molecule has 0 unspecified atom stereocenters. The Morgan fingerprint density at radius 3 is 2.50 bits per heavy atom. The Morgan fingerprint density at radius 2 is 1.83 bits per heavy atom. The highest BCUT2D eigenvalue weighted by Gasteiger charge is 2.35. The lowest BCUT2D eigenvalue weighted by atomic mass is 9.97. The Labute approximate surface area is 241 Å². The highest BCUT2D eigenvalue weighted by Crippen LogP contribution is 2.36. The molecule has 0 fully saturated rings. The van der Waals surface area contributed by atoms with Crippen LogP contribution >= 0.6 is 11.3 Å². The van der Waals surface area contributed by atoms with Gasteiger partial charge in [-0.25, -0.2) is 9.97 Å². The van der Waals surface area contributed by atoms with Crippen LogP contribution in [0.1, 0.15) is 48.2 Å². The Morgan fingerprint density at radius 1 is 1.05 bits per heavy atom. The molecule has 4 aromatic rings. The maximum absolute atomic E-state index is 13.4. The summed E-state index contributed by atoms with van der Waals surface area (Å²) in [4.78, 5) is 40.7. The Kier molecular flexibility index (Phi) is 7.53. The number of anilines is 1. The first kappa shape index (κ1) is 28.5. The highest BCUT2D eigenvalue weighted by atomic mass is 32.1. The molecule has 0 bridgehead atoms. The third-order valence-electron chi connectivity index (χ3n) is 6.44. The van der Waals surface area contributed by atoms with Crippen LogP contribution in [0.25, 0.3) is 11.1 Å². The van der Waals surface area contributed by atoms with Gasteiger partial charge in [-0.15, -0.1) is 0 Å². The van der Waals surface area contributed by atoms with Crippen molar-refractivity contribution in [3.05, 3.63) is 81.2 Å². The molecule has 0 saturated carbocycles. The third kappa shape index (κ3) is 5.46. The molecule has 5 rings (SSSR count). The van der Waals surface area contributed by atoms with Crippen molar-refractivity contribution in [2.45, 2.75) is 26.2 Å². The van der Waals surface area contributed by atoms with Crippen molar-refractivity contribution in [2.24, 2.45) is 0 Å². The number of aromatic nitrogens is 3. The smallest absolute Gasteiger partial charge is 0.433 e. The summed E-state index contributed by atoms with van der Waals surface area (Å²) in [5, 5.41) is 12.5. The number of nitriles is 1. The van der Waals surface area contributed by atoms with E-state index in [0.717, 1.165) is 19.2 Å². The molecule has 0 radical (unpaired) electrons. The predicted octanol–water partition coefficient (Wildman–Crippen LogP) is 5.22. The molecule has 0 atom stereocenters. The van der Waals surface area contributed by atoms with Crippen molar-refractivity contribution < 1.29 is 32.2 Å². The minimum atomic E-state index is -4.68. The highest BCUT2D eigenvalue weighted by molar-refractivity contribution is 7.16. The second kappa shape index (κ2) is 11.1. The summed E-state index contributed by atoms with van der Waals surface area (Å²) >= 11 is 1.17. The first-order valence-corrected chi connectivity index (χ1v) is 13.1. The third-order valence-corrected chi connectivity index (χ3v) is 7.44. The van der Waals surface area contributed by atoms with Crippen LogP contribution in [0.3, 0.4) is 0 Å². The van der Waals surface area contributed by atoms with Gasteiger partial charge in [0.15, 0.2) is 5.13 Å². The number of amides is 2. The summed E-state index contributed by atoms with van der Waals surface area (Å²) in [7, 11) is 2.63. The van der Waals surface area contributed by atoms with Gasteiger partial charge in [-0.3, -0.25) is 19.9 Å². The molecular formula is C28H21F3N6O4S. The number of benzene rings is 1. The Balaban J connectivity index is 1.35. The summed E-state index contributed by atoms with van der Waals surface area (Å²) in [5.41, 5.74) is 1.64. The maximum atomic E-state index is 13.4. The summed E-state index contributed by atoms with van der Waals surface area (Å²) in [6, 6.07) is 10.5. The SMILES string of the molecule is COc1ccc(C#N)cc1-c1cc(C)ncc1C(=O)Nc1nc2c(s1)CN(C(=O)c1ccc(C(F)(F)F)nc1OC)C2. The molecular weight excluding hydrogens is 573 g/mol. The molecule has 14 heteroatoms. The topological polar surface area (TPSA) is 130 Å². The van der Waals surface area contributed by atoms with Gasteiger partial charge in [-0.05, 0) is 43.3 Å². The number of ether oxygens (including phenoxy) is 2. The summed E-state index contributed by atoms with van der Waals surface area (Å²) in [6.07, 6.45) is -3.24. The van der Waals surface area contributed by atoms with Gasteiger partial charge in [0.1, 0.15) is 17.0 Å². The van der Waals surface area contributed by atoms with Gasteiger partial charge in [0.2, 0.25) is 5.88 Å². The van der Waals surface area contributed by atoms with Crippen LogP contribution in [0.2, 0.25) is 0 Å². The van der Waals surface area contributed by atoms with E-state index in [1.165, 1.54) is 29.5 Å². The van der Waals surface area contributed by atoms with E-state index in [-0.39, 0.29) is 24.2 Å². The molecule has 214 valence electrons. The van der Waals surface area contributed by atoms with E-state index in [2.05, 4.69) is 26.3 Å². The average Bonchev–Trinajstić information content (AvgIpc) is 3.54. The number of fused-ring (bicyclic) bond motifs is 1. The van der Waals surface area contributed by atoms with Crippen LogP contribution in [-0.2, 0) is 19.3 Å². The molecule has 42 heavy (non-hydrogen) atoms. The lowest BCUT2D eigenvalue weighted by Crippen LogP contribution is -2.26. The minimum absolute atomic E-state index is 0.0835. The van der Waals surface area contributed by atoms with Crippen molar-refractivity contribution >= 4 is 28.3 Å². The van der Waals surface area contributed by atoms with Gasteiger partial charge >= 0.3 is 6.18 Å². The number of hydrogen-bond acceptors (Lipinski definition) is 9. The van der Waals surface area contributed by atoms with Crippen LogP contribution < -0.4 is 14.8 Å². The number of pyridine rings is 2. The van der Waals surface area contributed by atoms with Crippen LogP contribution in [-0.4, -0.2) is 45.9 Å². The molecule has 1 N–H and O–H groups in total. The van der Waals surface area contributed by atoms with E-state index in [4.69, 9.17) is 9.47 Å². The molecule has 3 aromatic heterocycles. The number of nitrogens with zero attached hydrogens (tertiary/aromatic N) is 5. The number of rotatable bonds is 6. The zero-order valence-electron chi connectivity index (χ0n) is 22.4. The zero-order valence-corrected chi connectivity index (χ0v) is 23.2. The number of aryl methyl sites for hydroxylation is 1. The number of nitrogens with one attached hydrogen (secondary N) is 1. The number of methoxy groups -OCH3 is 2. The van der Waals surface area contributed by atoms with Crippen LogP contribution in [0, 0.1) is 18.3 Å². The van der Waals surface area contributed by atoms with Crippen molar-refractivity contribution in [2.75, 3.05) is 19.5 Å². The fourth-order valence-corrected chi connectivity index (χ4v) is 5.42. The van der Waals surface area contributed by atoms with E-state index in [9.17, 15) is 28.0 Å². The fourth-order valence-electron chi connectivity index (χ4n) is 4.44. The largest absolute Gasteiger partial charge is 0.496 e. The Hall–Kier alpha value is -5.03. The molecule has 1 aromatic carbocycles. The van der Waals surface area contributed by atoms with Crippen molar-refractivity contribution in [1.29, 1.82) is 5.26 Å². The lowest BCUT2D eigenvalue weighted by molar-refractivity contribution is -0.141. The van der Waals surface area contributed by atoms with E-state index in [1.807, 2.05) is 0 Å². The van der Waals surface area contributed by atoms with Crippen molar-refractivity contribution in [3.63, 3.8) is 0 Å². The summed E-state index contributed by atoms with van der Waals surface area (Å²) in [6.45, 7) is 2.00. The average molecular weight is 595 g/mol. The molecule has 10 nitrogen and oxygen atoms in total. The van der Waals surface area contributed by atoms with E-state index in [0.29, 0.717) is 43.8 Å². The first-order valence-electron chi connectivity index (χ1n) is 12.3. The molecule has 0 aliphatic carbocycles. The number of hydrogen-bond donors (Lipinski definition) is 1. The molecule has 4 heterocycles. The number of carbonyl (C=O) groups excluding carboxylic acids is 2. The molecule has 0 saturated heterocycles. The van der Waals surface area contributed by atoms with Crippen LogP contribution in [0.15, 0.2) is 42.6 Å². The first-order chi connectivity index (χ1) is 20.0. The molecule has 1 aliphatic heterocycles. The standard InChI is InChI=1S/C28H21F3N6O4S/c1-14-8-17(18-9-15(10-32)4-6-21(18)40-2)19(11-33-14)24(38)36-27-34-20-12-37(13-22(20)42-27)26(39)16-5-7-23(28(29,30)31)35-25(16)41-3/h4-9,11H,12-13H2,1-3H3,(H,34,36,38). The van der Waals surface area contributed by atoms with E-state index in [1.54, 1.807) is 31.2 Å². The quantitative estimate of drug-likeness (QED) is 0.322.